The van der Waals surface area contributed by atoms with Crippen LogP contribution in [0.3, 0.4) is 0 Å². The van der Waals surface area contributed by atoms with Gasteiger partial charge in [-0.2, -0.15) is 5.10 Å². The Balaban J connectivity index is 1.48. The molecule has 0 aliphatic carbocycles. The fourth-order valence-electron chi connectivity index (χ4n) is 3.01. The summed E-state index contributed by atoms with van der Waals surface area (Å²) in [5.74, 6) is 1.34. The molecule has 0 unspecified atom stereocenters. The lowest BCUT2D eigenvalue weighted by molar-refractivity contribution is 0.0762. The quantitative estimate of drug-likeness (QED) is 0.699. The van der Waals surface area contributed by atoms with E-state index in [0.29, 0.717) is 24.6 Å². The average Bonchev–Trinajstić information content (AvgIpc) is 2.92. The van der Waals surface area contributed by atoms with Crippen LogP contribution in [0.1, 0.15) is 22.6 Å². The van der Waals surface area contributed by atoms with Crippen LogP contribution in [-0.2, 0) is 0 Å². The van der Waals surface area contributed by atoms with Crippen LogP contribution in [0, 0.1) is 6.92 Å². The van der Waals surface area contributed by atoms with E-state index in [0.717, 1.165) is 31.0 Å². The Morgan fingerprint density at radius 3 is 2.84 bits per heavy atom. The number of amides is 1. The molecule has 8 nitrogen and oxygen atoms in total. The molecular formula is C17H19N7O. The normalized spacial score (nSPS) is 15.4. The van der Waals surface area contributed by atoms with Crippen LogP contribution in [-0.4, -0.2) is 61.6 Å². The van der Waals surface area contributed by atoms with Gasteiger partial charge in [-0.05, 0) is 31.5 Å². The smallest absolute Gasteiger partial charge is 0.274 e. The maximum absolute atomic E-state index is 12.8. The van der Waals surface area contributed by atoms with Crippen LogP contribution in [0.2, 0.25) is 0 Å². The van der Waals surface area contributed by atoms with Gasteiger partial charge in [0.1, 0.15) is 5.69 Å². The standard InChI is InChI=1S/C17H19N7O/c1-13-4-5-15(21-20-13)22-8-3-9-23(11-10-22)16(25)14-12-24-7-2-6-18-17(24)19-14/h2,4-7,12H,3,8-11H2,1H3. The van der Waals surface area contributed by atoms with E-state index in [1.54, 1.807) is 16.8 Å². The van der Waals surface area contributed by atoms with Crippen molar-refractivity contribution in [3.63, 3.8) is 0 Å². The van der Waals surface area contributed by atoms with E-state index >= 15 is 0 Å². The number of aryl methyl sites for hydroxylation is 1. The second-order valence-corrected chi connectivity index (χ2v) is 6.12. The van der Waals surface area contributed by atoms with Crippen molar-refractivity contribution in [2.75, 3.05) is 31.1 Å². The average molecular weight is 337 g/mol. The van der Waals surface area contributed by atoms with Crippen molar-refractivity contribution in [1.82, 2.24) is 29.5 Å². The zero-order chi connectivity index (χ0) is 17.2. The Kier molecular flexibility index (Phi) is 4.01. The summed E-state index contributed by atoms with van der Waals surface area (Å²) >= 11 is 0. The van der Waals surface area contributed by atoms with Crippen molar-refractivity contribution in [2.45, 2.75) is 13.3 Å². The van der Waals surface area contributed by atoms with Crippen molar-refractivity contribution in [1.29, 1.82) is 0 Å². The molecule has 8 heteroatoms. The summed E-state index contributed by atoms with van der Waals surface area (Å²) in [6.07, 6.45) is 6.13. The largest absolute Gasteiger partial charge is 0.353 e. The lowest BCUT2D eigenvalue weighted by Crippen LogP contribution is -2.35. The summed E-state index contributed by atoms with van der Waals surface area (Å²) in [7, 11) is 0. The highest BCUT2D eigenvalue weighted by atomic mass is 16.2. The summed E-state index contributed by atoms with van der Waals surface area (Å²) in [5.41, 5.74) is 1.33. The van der Waals surface area contributed by atoms with Gasteiger partial charge < -0.3 is 9.80 Å². The SMILES string of the molecule is Cc1ccc(N2CCCN(C(=O)c3cn4cccnc4n3)CC2)nn1. The Morgan fingerprint density at radius 1 is 1.12 bits per heavy atom. The fraction of sp³-hybridized carbons (Fsp3) is 0.353. The van der Waals surface area contributed by atoms with E-state index in [9.17, 15) is 4.79 Å². The molecule has 1 amide bonds. The molecule has 1 fully saturated rings. The highest BCUT2D eigenvalue weighted by Crippen LogP contribution is 2.14. The number of aromatic nitrogens is 5. The molecule has 0 saturated carbocycles. The molecule has 3 aromatic rings. The monoisotopic (exact) mass is 337 g/mol. The van der Waals surface area contributed by atoms with Crippen LogP contribution >= 0.6 is 0 Å². The molecule has 0 aromatic carbocycles. The molecule has 0 atom stereocenters. The Morgan fingerprint density at radius 2 is 2.04 bits per heavy atom. The first-order chi connectivity index (χ1) is 12.2. The third-order valence-electron chi connectivity index (χ3n) is 4.35. The third kappa shape index (κ3) is 3.15. The van der Waals surface area contributed by atoms with Gasteiger partial charge in [0, 0.05) is 44.8 Å². The Bertz CT molecular complexity index is 856. The first kappa shape index (κ1) is 15.5. The van der Waals surface area contributed by atoms with Gasteiger partial charge in [0.05, 0.1) is 5.69 Å². The summed E-state index contributed by atoms with van der Waals surface area (Å²) in [6, 6.07) is 5.75. The summed E-state index contributed by atoms with van der Waals surface area (Å²) < 4.78 is 1.76. The Labute approximate surface area is 145 Å². The van der Waals surface area contributed by atoms with Crippen molar-refractivity contribution in [2.24, 2.45) is 0 Å². The van der Waals surface area contributed by atoms with E-state index in [1.165, 1.54) is 0 Å². The second kappa shape index (κ2) is 6.46. The molecule has 25 heavy (non-hydrogen) atoms. The van der Waals surface area contributed by atoms with Gasteiger partial charge in [-0.1, -0.05) is 0 Å². The lowest BCUT2D eigenvalue weighted by Gasteiger charge is -2.22. The highest BCUT2D eigenvalue weighted by molar-refractivity contribution is 5.92. The number of nitrogens with zero attached hydrogens (tertiary/aromatic N) is 7. The maximum Gasteiger partial charge on any atom is 0.274 e. The molecular weight excluding hydrogens is 318 g/mol. The molecule has 0 radical (unpaired) electrons. The van der Waals surface area contributed by atoms with Crippen LogP contribution in [0.5, 0.6) is 0 Å². The minimum atomic E-state index is -0.0534. The van der Waals surface area contributed by atoms with Crippen LogP contribution < -0.4 is 4.90 Å². The van der Waals surface area contributed by atoms with E-state index in [4.69, 9.17) is 0 Å². The predicted octanol–water partition coefficient (Wildman–Crippen LogP) is 1.18. The number of carbonyl (C=O) groups is 1. The Hall–Kier alpha value is -3.03. The molecule has 3 aromatic heterocycles. The number of hydrogen-bond donors (Lipinski definition) is 0. The zero-order valence-corrected chi connectivity index (χ0v) is 14.0. The zero-order valence-electron chi connectivity index (χ0n) is 14.0. The van der Waals surface area contributed by atoms with Crippen molar-refractivity contribution >= 4 is 17.5 Å². The number of fused-ring (bicyclic) bond motifs is 1. The van der Waals surface area contributed by atoms with Crippen molar-refractivity contribution in [3.8, 4) is 0 Å². The highest BCUT2D eigenvalue weighted by Gasteiger charge is 2.23. The topological polar surface area (TPSA) is 79.5 Å². The number of anilines is 1. The minimum Gasteiger partial charge on any atom is -0.353 e. The van der Waals surface area contributed by atoms with Gasteiger partial charge in [-0.25, -0.2) is 9.97 Å². The molecule has 1 aliphatic heterocycles. The predicted molar refractivity (Wildman–Crippen MR) is 92.5 cm³/mol. The van der Waals surface area contributed by atoms with Gasteiger partial charge in [0.15, 0.2) is 5.82 Å². The molecule has 1 aliphatic rings. The molecule has 1 saturated heterocycles. The molecule has 4 rings (SSSR count). The molecule has 128 valence electrons. The van der Waals surface area contributed by atoms with E-state index in [2.05, 4.69) is 25.1 Å². The van der Waals surface area contributed by atoms with Gasteiger partial charge >= 0.3 is 0 Å². The summed E-state index contributed by atoms with van der Waals surface area (Å²) in [5, 5.41) is 8.37. The maximum atomic E-state index is 12.8. The second-order valence-electron chi connectivity index (χ2n) is 6.12. The van der Waals surface area contributed by atoms with Crippen LogP contribution in [0.25, 0.3) is 5.78 Å². The minimum absolute atomic E-state index is 0.0534. The number of hydrogen-bond acceptors (Lipinski definition) is 6. The molecule has 0 bridgehead atoms. The summed E-state index contributed by atoms with van der Waals surface area (Å²) in [4.78, 5) is 25.3. The molecule has 0 spiro atoms. The van der Waals surface area contributed by atoms with Gasteiger partial charge in [-0.15, -0.1) is 5.10 Å². The fourth-order valence-corrected chi connectivity index (χ4v) is 3.01. The van der Waals surface area contributed by atoms with Crippen molar-refractivity contribution < 1.29 is 4.79 Å². The van der Waals surface area contributed by atoms with E-state index in [1.807, 2.05) is 36.2 Å². The third-order valence-corrected chi connectivity index (χ3v) is 4.35. The van der Waals surface area contributed by atoms with Gasteiger partial charge in [0.25, 0.3) is 5.91 Å². The van der Waals surface area contributed by atoms with E-state index in [-0.39, 0.29) is 5.91 Å². The van der Waals surface area contributed by atoms with Gasteiger partial charge in [-0.3, -0.25) is 9.20 Å². The summed E-state index contributed by atoms with van der Waals surface area (Å²) in [6.45, 7) is 4.85. The number of rotatable bonds is 2. The first-order valence-electron chi connectivity index (χ1n) is 8.35. The number of carbonyl (C=O) groups excluding carboxylic acids is 1. The van der Waals surface area contributed by atoms with Crippen molar-refractivity contribution in [3.05, 3.63) is 48.2 Å². The van der Waals surface area contributed by atoms with E-state index < -0.39 is 0 Å². The van der Waals surface area contributed by atoms with Crippen LogP contribution in [0.4, 0.5) is 5.82 Å². The molecule has 4 heterocycles. The number of imidazole rings is 1. The molecule has 0 N–H and O–H groups in total. The van der Waals surface area contributed by atoms with Gasteiger partial charge in [0.2, 0.25) is 5.78 Å². The first-order valence-corrected chi connectivity index (χ1v) is 8.35. The lowest BCUT2D eigenvalue weighted by atomic mass is 10.3. The van der Waals surface area contributed by atoms with Crippen LogP contribution in [0.15, 0.2) is 36.8 Å².